The molecule has 1 atom stereocenters. The molecule has 0 aliphatic carbocycles. The van der Waals surface area contributed by atoms with E-state index in [1.807, 2.05) is 47.9 Å². The maximum atomic E-state index is 12.9. The van der Waals surface area contributed by atoms with Crippen molar-refractivity contribution in [1.82, 2.24) is 9.80 Å². The lowest BCUT2D eigenvalue weighted by molar-refractivity contribution is -0.384. The molecule has 1 aliphatic rings. The summed E-state index contributed by atoms with van der Waals surface area (Å²) in [5.74, 6) is -0.415. The van der Waals surface area contributed by atoms with Gasteiger partial charge in [-0.05, 0) is 38.1 Å². The number of nitro benzene ring substituents is 1. The van der Waals surface area contributed by atoms with Crippen molar-refractivity contribution in [1.29, 1.82) is 0 Å². The number of hydrogen-bond acceptors (Lipinski definition) is 6. The molecule has 0 spiro atoms. The van der Waals surface area contributed by atoms with Crippen LogP contribution in [0.1, 0.15) is 12.5 Å². The van der Waals surface area contributed by atoms with Crippen LogP contribution in [0.15, 0.2) is 42.5 Å². The summed E-state index contributed by atoms with van der Waals surface area (Å²) in [4.78, 5) is 41.6. The SMILES string of the molecule is Cc1ccc(NC(=O)CN(C)C(=O)[C@H](C)N2CCN(c3ccc(Cl)cc3[N+](=O)[O-])CC2)cc1. The summed E-state index contributed by atoms with van der Waals surface area (Å²) < 4.78 is 0. The lowest BCUT2D eigenvalue weighted by Gasteiger charge is -2.39. The summed E-state index contributed by atoms with van der Waals surface area (Å²) in [5.41, 5.74) is 2.28. The number of likely N-dealkylation sites (N-methyl/N-ethyl adjacent to an activating group) is 1. The molecule has 10 heteroatoms. The molecule has 2 aromatic rings. The number of nitro groups is 1. The van der Waals surface area contributed by atoms with Gasteiger partial charge in [-0.3, -0.25) is 24.6 Å². The monoisotopic (exact) mass is 473 g/mol. The lowest BCUT2D eigenvalue weighted by atomic mass is 10.1. The Bertz CT molecular complexity index is 1020. The van der Waals surface area contributed by atoms with Crippen LogP contribution in [0, 0.1) is 17.0 Å². The van der Waals surface area contributed by atoms with Crippen LogP contribution < -0.4 is 10.2 Å². The first-order valence-corrected chi connectivity index (χ1v) is 11.1. The van der Waals surface area contributed by atoms with E-state index in [0.717, 1.165) is 5.56 Å². The third-order valence-electron chi connectivity index (χ3n) is 5.79. The van der Waals surface area contributed by atoms with Crippen LogP contribution in [0.2, 0.25) is 5.02 Å². The molecule has 0 aromatic heterocycles. The zero-order chi connectivity index (χ0) is 24.1. The Labute approximate surface area is 198 Å². The topological polar surface area (TPSA) is 99.0 Å². The molecule has 9 nitrogen and oxygen atoms in total. The van der Waals surface area contributed by atoms with Crippen molar-refractivity contribution >= 4 is 40.5 Å². The molecular weight excluding hydrogens is 446 g/mol. The molecular formula is C23H28ClN5O4. The van der Waals surface area contributed by atoms with Crippen LogP contribution in [0.25, 0.3) is 0 Å². The molecule has 1 N–H and O–H groups in total. The number of rotatable bonds is 7. The van der Waals surface area contributed by atoms with Gasteiger partial charge in [0.2, 0.25) is 11.8 Å². The van der Waals surface area contributed by atoms with Crippen LogP contribution in [-0.4, -0.2) is 72.4 Å². The molecule has 2 amide bonds. The number of anilines is 2. The van der Waals surface area contributed by atoms with Crippen molar-refractivity contribution in [3.8, 4) is 0 Å². The largest absolute Gasteiger partial charge is 0.363 e. The van der Waals surface area contributed by atoms with E-state index in [9.17, 15) is 19.7 Å². The molecule has 1 aliphatic heterocycles. The highest BCUT2D eigenvalue weighted by molar-refractivity contribution is 6.30. The fourth-order valence-corrected chi connectivity index (χ4v) is 4.03. The average Bonchev–Trinajstić information content (AvgIpc) is 2.79. The minimum atomic E-state index is -0.434. The molecule has 33 heavy (non-hydrogen) atoms. The fraction of sp³-hybridized carbons (Fsp3) is 0.391. The maximum absolute atomic E-state index is 12.9. The highest BCUT2D eigenvalue weighted by atomic mass is 35.5. The van der Waals surface area contributed by atoms with Gasteiger partial charge in [0.15, 0.2) is 0 Å². The summed E-state index contributed by atoms with van der Waals surface area (Å²) in [6, 6.07) is 11.7. The van der Waals surface area contributed by atoms with Gasteiger partial charge < -0.3 is 15.1 Å². The first-order chi connectivity index (χ1) is 15.7. The number of benzene rings is 2. The van der Waals surface area contributed by atoms with E-state index in [-0.39, 0.29) is 24.0 Å². The van der Waals surface area contributed by atoms with E-state index in [1.165, 1.54) is 11.0 Å². The van der Waals surface area contributed by atoms with Crippen LogP contribution in [0.5, 0.6) is 0 Å². The summed E-state index contributed by atoms with van der Waals surface area (Å²) in [5, 5.41) is 14.5. The summed E-state index contributed by atoms with van der Waals surface area (Å²) in [6.45, 7) is 5.95. The number of halogens is 1. The van der Waals surface area contributed by atoms with E-state index in [1.54, 1.807) is 19.2 Å². The van der Waals surface area contributed by atoms with Crippen LogP contribution in [-0.2, 0) is 9.59 Å². The number of nitrogens with zero attached hydrogens (tertiary/aromatic N) is 4. The van der Waals surface area contributed by atoms with Gasteiger partial charge in [-0.2, -0.15) is 0 Å². The van der Waals surface area contributed by atoms with Crippen molar-refractivity contribution in [3.05, 3.63) is 63.2 Å². The summed E-state index contributed by atoms with van der Waals surface area (Å²) >= 11 is 5.91. The maximum Gasteiger partial charge on any atom is 0.294 e. The number of aryl methyl sites for hydroxylation is 1. The van der Waals surface area contributed by atoms with E-state index < -0.39 is 11.0 Å². The van der Waals surface area contributed by atoms with Crippen molar-refractivity contribution in [2.45, 2.75) is 19.9 Å². The second kappa shape index (κ2) is 10.6. The quantitative estimate of drug-likeness (QED) is 0.490. The number of hydrogen-bond donors (Lipinski definition) is 1. The summed E-state index contributed by atoms with van der Waals surface area (Å²) in [6.07, 6.45) is 0. The summed E-state index contributed by atoms with van der Waals surface area (Å²) in [7, 11) is 1.61. The van der Waals surface area contributed by atoms with Crippen molar-refractivity contribution < 1.29 is 14.5 Å². The third-order valence-corrected chi connectivity index (χ3v) is 6.02. The standard InChI is InChI=1S/C23H28ClN5O4/c1-16-4-7-19(8-5-16)25-22(30)15-26(3)23(31)17(2)27-10-12-28(13-11-27)20-9-6-18(24)14-21(20)29(32)33/h4-9,14,17H,10-13,15H2,1-3H3,(H,25,30)/t17-/m0/s1. The smallest absolute Gasteiger partial charge is 0.294 e. The van der Waals surface area contributed by atoms with Crippen LogP contribution in [0.3, 0.4) is 0 Å². The molecule has 0 bridgehead atoms. The van der Waals surface area contributed by atoms with Gasteiger partial charge in [-0.15, -0.1) is 0 Å². The number of piperazine rings is 1. The second-order valence-electron chi connectivity index (χ2n) is 8.20. The average molecular weight is 474 g/mol. The van der Waals surface area contributed by atoms with E-state index in [2.05, 4.69) is 5.32 Å². The highest BCUT2D eigenvalue weighted by Crippen LogP contribution is 2.31. The normalized spacial score (nSPS) is 15.1. The Balaban J connectivity index is 1.54. The molecule has 176 valence electrons. The molecule has 1 saturated heterocycles. The van der Waals surface area contributed by atoms with Gasteiger partial charge in [-0.25, -0.2) is 0 Å². The molecule has 1 fully saturated rings. The molecule has 0 radical (unpaired) electrons. The Kier molecular flexibility index (Phi) is 7.88. The fourth-order valence-electron chi connectivity index (χ4n) is 3.87. The predicted molar refractivity (Wildman–Crippen MR) is 129 cm³/mol. The third kappa shape index (κ3) is 6.21. The Morgan fingerprint density at radius 3 is 2.39 bits per heavy atom. The number of carbonyl (C=O) groups excluding carboxylic acids is 2. The molecule has 2 aromatic carbocycles. The van der Waals surface area contributed by atoms with Crippen LogP contribution >= 0.6 is 11.6 Å². The highest BCUT2D eigenvalue weighted by Gasteiger charge is 2.30. The minimum absolute atomic E-state index is 0.0283. The van der Waals surface area contributed by atoms with E-state index >= 15 is 0 Å². The molecule has 3 rings (SSSR count). The van der Waals surface area contributed by atoms with Gasteiger partial charge in [0.25, 0.3) is 5.69 Å². The predicted octanol–water partition coefficient (Wildman–Crippen LogP) is 3.16. The molecule has 0 unspecified atom stereocenters. The minimum Gasteiger partial charge on any atom is -0.363 e. The zero-order valence-electron chi connectivity index (χ0n) is 19.0. The lowest BCUT2D eigenvalue weighted by Crippen LogP contribution is -2.54. The van der Waals surface area contributed by atoms with Gasteiger partial charge in [-0.1, -0.05) is 29.3 Å². The first-order valence-electron chi connectivity index (χ1n) is 10.7. The Morgan fingerprint density at radius 2 is 1.79 bits per heavy atom. The Hall–Kier alpha value is -3.17. The van der Waals surface area contributed by atoms with Crippen molar-refractivity contribution in [2.24, 2.45) is 0 Å². The van der Waals surface area contributed by atoms with E-state index in [4.69, 9.17) is 11.6 Å². The van der Waals surface area contributed by atoms with Gasteiger partial charge in [0, 0.05) is 50.0 Å². The first kappa shape index (κ1) is 24.5. The Morgan fingerprint density at radius 1 is 1.15 bits per heavy atom. The van der Waals surface area contributed by atoms with Gasteiger partial charge in [0.05, 0.1) is 17.5 Å². The molecule has 0 saturated carbocycles. The van der Waals surface area contributed by atoms with E-state index in [0.29, 0.717) is 42.6 Å². The number of carbonyl (C=O) groups is 2. The van der Waals surface area contributed by atoms with Crippen molar-refractivity contribution in [2.75, 3.05) is 50.0 Å². The number of amides is 2. The van der Waals surface area contributed by atoms with Gasteiger partial charge >= 0.3 is 0 Å². The van der Waals surface area contributed by atoms with Crippen LogP contribution in [0.4, 0.5) is 17.1 Å². The molecule has 1 heterocycles. The number of nitrogens with one attached hydrogen (secondary N) is 1. The van der Waals surface area contributed by atoms with Gasteiger partial charge in [0.1, 0.15) is 5.69 Å². The second-order valence-corrected chi connectivity index (χ2v) is 8.63. The zero-order valence-corrected chi connectivity index (χ0v) is 19.7. The van der Waals surface area contributed by atoms with Crippen molar-refractivity contribution in [3.63, 3.8) is 0 Å².